The summed E-state index contributed by atoms with van der Waals surface area (Å²) in [6, 6.07) is 15.5. The summed E-state index contributed by atoms with van der Waals surface area (Å²) in [7, 11) is 0. The number of hydrogen-bond acceptors (Lipinski definition) is 3. The summed E-state index contributed by atoms with van der Waals surface area (Å²) in [5.41, 5.74) is 1.71. The summed E-state index contributed by atoms with van der Waals surface area (Å²) < 4.78 is 1.92. The zero-order valence-corrected chi connectivity index (χ0v) is 20.5. The summed E-state index contributed by atoms with van der Waals surface area (Å²) in [4.78, 5) is 34.0. The second-order valence-electron chi connectivity index (χ2n) is 9.96. The number of imidazole rings is 1. The largest absolute Gasteiger partial charge is 0.351 e. The first-order chi connectivity index (χ1) is 16.4. The zero-order valence-electron chi connectivity index (χ0n) is 19.8. The molecule has 6 nitrogen and oxygen atoms in total. The standard InChI is InChI=1S/C27H31ClN4O2/c1-18-7-3-4-8-21(18)30-26(34)27(2)17-31-23-10-6-5-9-22(23)29-24(31)25(33)32(27)16-15-19-11-13-20(28)14-12-19/h5-6,9-14,18,21H,3-4,7-8,15-17H2,1-2H3,(H,30,34)/t18-,21+,27-/m1/s1. The molecule has 34 heavy (non-hydrogen) atoms. The van der Waals surface area contributed by atoms with Gasteiger partial charge in [-0.15, -0.1) is 0 Å². The number of carbonyl (C=O) groups excluding carboxylic acids is 2. The molecular weight excluding hydrogens is 448 g/mol. The van der Waals surface area contributed by atoms with E-state index in [2.05, 4.69) is 17.2 Å². The topological polar surface area (TPSA) is 67.2 Å². The molecule has 1 saturated carbocycles. The van der Waals surface area contributed by atoms with E-state index in [4.69, 9.17) is 11.6 Å². The molecule has 2 amide bonds. The Bertz CT molecular complexity index is 1220. The van der Waals surface area contributed by atoms with Crippen LogP contribution in [0.2, 0.25) is 5.02 Å². The molecule has 1 N–H and O–H groups in total. The van der Waals surface area contributed by atoms with Crippen LogP contribution in [0.3, 0.4) is 0 Å². The minimum Gasteiger partial charge on any atom is -0.351 e. The van der Waals surface area contributed by atoms with E-state index in [1.165, 1.54) is 6.42 Å². The van der Waals surface area contributed by atoms with Crippen LogP contribution in [0.15, 0.2) is 48.5 Å². The quantitative estimate of drug-likeness (QED) is 0.570. The molecule has 0 unspecified atom stereocenters. The van der Waals surface area contributed by atoms with Crippen LogP contribution in [0, 0.1) is 5.92 Å². The minimum atomic E-state index is -1.02. The van der Waals surface area contributed by atoms with E-state index in [0.717, 1.165) is 35.9 Å². The number of halogens is 1. The molecule has 2 aliphatic rings. The van der Waals surface area contributed by atoms with Crippen LogP contribution in [0.5, 0.6) is 0 Å². The van der Waals surface area contributed by atoms with Crippen molar-refractivity contribution >= 4 is 34.4 Å². The van der Waals surface area contributed by atoms with Gasteiger partial charge in [0.1, 0.15) is 5.54 Å². The Balaban J connectivity index is 1.49. The molecule has 0 saturated heterocycles. The zero-order chi connectivity index (χ0) is 23.9. The highest BCUT2D eigenvalue weighted by atomic mass is 35.5. The molecule has 0 spiro atoms. The van der Waals surface area contributed by atoms with Crippen LogP contribution in [0.1, 0.15) is 55.7 Å². The Morgan fingerprint density at radius 2 is 1.88 bits per heavy atom. The van der Waals surface area contributed by atoms with Crippen molar-refractivity contribution in [3.63, 3.8) is 0 Å². The fourth-order valence-corrected chi connectivity index (χ4v) is 5.55. The fourth-order valence-electron chi connectivity index (χ4n) is 5.43. The Labute approximate surface area is 205 Å². The van der Waals surface area contributed by atoms with E-state index in [1.807, 2.05) is 60.0 Å². The molecule has 1 fully saturated rings. The van der Waals surface area contributed by atoms with Gasteiger partial charge in [0.2, 0.25) is 5.91 Å². The monoisotopic (exact) mass is 478 g/mol. The van der Waals surface area contributed by atoms with Gasteiger partial charge in [-0.2, -0.15) is 0 Å². The van der Waals surface area contributed by atoms with Gasteiger partial charge in [0.15, 0.2) is 5.82 Å². The molecule has 3 atom stereocenters. The number of fused-ring (bicyclic) bond motifs is 3. The number of nitrogens with one attached hydrogen (secondary N) is 1. The maximum atomic E-state index is 13.9. The molecule has 3 aromatic rings. The first kappa shape index (κ1) is 22.9. The van der Waals surface area contributed by atoms with Gasteiger partial charge in [-0.05, 0) is 61.9 Å². The molecule has 2 heterocycles. The first-order valence-corrected chi connectivity index (χ1v) is 12.6. The summed E-state index contributed by atoms with van der Waals surface area (Å²) in [6.45, 7) is 4.90. The molecule has 1 aromatic heterocycles. The Kier molecular flexibility index (Phi) is 6.11. The van der Waals surface area contributed by atoms with Gasteiger partial charge in [0, 0.05) is 17.6 Å². The summed E-state index contributed by atoms with van der Waals surface area (Å²) in [5.74, 6) is 0.547. The Morgan fingerprint density at radius 3 is 2.65 bits per heavy atom. The summed E-state index contributed by atoms with van der Waals surface area (Å²) in [6.07, 6.45) is 5.08. The van der Waals surface area contributed by atoms with E-state index in [9.17, 15) is 9.59 Å². The van der Waals surface area contributed by atoms with Crippen molar-refractivity contribution in [3.05, 3.63) is 64.9 Å². The molecule has 1 aliphatic heterocycles. The van der Waals surface area contributed by atoms with Crippen molar-refractivity contribution in [1.82, 2.24) is 19.8 Å². The van der Waals surface area contributed by atoms with Crippen LogP contribution in [0.25, 0.3) is 11.0 Å². The Hall–Kier alpha value is -2.86. The number of para-hydroxylation sites is 2. The highest BCUT2D eigenvalue weighted by molar-refractivity contribution is 6.30. The predicted octanol–water partition coefficient (Wildman–Crippen LogP) is 4.84. The van der Waals surface area contributed by atoms with Gasteiger partial charge in [-0.25, -0.2) is 4.98 Å². The van der Waals surface area contributed by atoms with Crippen LogP contribution in [0.4, 0.5) is 0 Å². The maximum absolute atomic E-state index is 13.9. The predicted molar refractivity (Wildman–Crippen MR) is 134 cm³/mol. The summed E-state index contributed by atoms with van der Waals surface area (Å²) in [5, 5.41) is 4.00. The third-order valence-corrected chi connectivity index (χ3v) is 7.86. The van der Waals surface area contributed by atoms with Gasteiger partial charge < -0.3 is 14.8 Å². The van der Waals surface area contributed by atoms with Gasteiger partial charge in [0.25, 0.3) is 5.91 Å². The summed E-state index contributed by atoms with van der Waals surface area (Å²) >= 11 is 6.04. The van der Waals surface area contributed by atoms with Crippen molar-refractivity contribution in [3.8, 4) is 0 Å². The van der Waals surface area contributed by atoms with Gasteiger partial charge in [0.05, 0.1) is 17.6 Å². The van der Waals surface area contributed by atoms with E-state index in [-0.39, 0.29) is 17.9 Å². The number of carbonyl (C=O) groups is 2. The van der Waals surface area contributed by atoms with Crippen LogP contribution < -0.4 is 5.32 Å². The number of rotatable bonds is 5. The number of aromatic nitrogens is 2. The van der Waals surface area contributed by atoms with Crippen molar-refractivity contribution in [2.24, 2.45) is 5.92 Å². The van der Waals surface area contributed by atoms with E-state index < -0.39 is 5.54 Å². The SMILES string of the molecule is C[C@@H]1CCCC[C@@H]1NC(=O)[C@@]1(C)Cn2c(nc3ccccc32)C(=O)N1CCc1ccc(Cl)cc1. The molecule has 1 aliphatic carbocycles. The number of nitrogens with zero attached hydrogens (tertiary/aromatic N) is 3. The molecular formula is C27H31ClN4O2. The van der Waals surface area contributed by atoms with Crippen LogP contribution in [-0.4, -0.2) is 44.4 Å². The molecule has 7 heteroatoms. The van der Waals surface area contributed by atoms with Crippen molar-refractivity contribution in [2.75, 3.05) is 6.54 Å². The van der Waals surface area contributed by atoms with E-state index in [1.54, 1.807) is 4.90 Å². The molecule has 2 aromatic carbocycles. The van der Waals surface area contributed by atoms with Crippen molar-refractivity contribution in [2.45, 2.75) is 64.1 Å². The van der Waals surface area contributed by atoms with Crippen molar-refractivity contribution in [1.29, 1.82) is 0 Å². The number of amides is 2. The molecule has 178 valence electrons. The van der Waals surface area contributed by atoms with Crippen LogP contribution in [-0.2, 0) is 17.8 Å². The van der Waals surface area contributed by atoms with E-state index >= 15 is 0 Å². The number of hydrogen-bond donors (Lipinski definition) is 1. The lowest BCUT2D eigenvalue weighted by Gasteiger charge is -2.44. The number of benzene rings is 2. The van der Waals surface area contributed by atoms with E-state index in [0.29, 0.717) is 36.3 Å². The lowest BCUT2D eigenvalue weighted by Crippen LogP contribution is -2.65. The minimum absolute atomic E-state index is 0.0841. The smallest absolute Gasteiger partial charge is 0.290 e. The third-order valence-electron chi connectivity index (χ3n) is 7.61. The average Bonchev–Trinajstić information content (AvgIpc) is 3.20. The average molecular weight is 479 g/mol. The second kappa shape index (κ2) is 9.06. The Morgan fingerprint density at radius 1 is 1.15 bits per heavy atom. The molecule has 0 radical (unpaired) electrons. The van der Waals surface area contributed by atoms with Gasteiger partial charge in [-0.3, -0.25) is 9.59 Å². The maximum Gasteiger partial charge on any atom is 0.290 e. The lowest BCUT2D eigenvalue weighted by molar-refractivity contribution is -0.134. The van der Waals surface area contributed by atoms with Gasteiger partial charge in [-0.1, -0.05) is 55.6 Å². The highest BCUT2D eigenvalue weighted by Crippen LogP contribution is 2.32. The normalized spacial score (nSPS) is 24.8. The lowest BCUT2D eigenvalue weighted by atomic mass is 9.85. The fraction of sp³-hybridized carbons (Fsp3) is 0.444. The van der Waals surface area contributed by atoms with Crippen LogP contribution >= 0.6 is 11.6 Å². The third kappa shape index (κ3) is 4.09. The van der Waals surface area contributed by atoms with Gasteiger partial charge >= 0.3 is 0 Å². The first-order valence-electron chi connectivity index (χ1n) is 12.2. The van der Waals surface area contributed by atoms with Crippen molar-refractivity contribution < 1.29 is 9.59 Å². The highest BCUT2D eigenvalue weighted by Gasteiger charge is 2.48. The molecule has 5 rings (SSSR count). The second-order valence-corrected chi connectivity index (χ2v) is 10.4. The molecule has 0 bridgehead atoms.